The third-order valence-electron chi connectivity index (χ3n) is 6.89. The van der Waals surface area contributed by atoms with Crippen molar-refractivity contribution in [2.45, 2.75) is 13.3 Å². The van der Waals surface area contributed by atoms with Crippen molar-refractivity contribution in [3.63, 3.8) is 0 Å². The Morgan fingerprint density at radius 3 is 1.55 bits per heavy atom. The second-order valence-corrected chi connectivity index (χ2v) is 13.7. The molecule has 2 heteroatoms. The normalized spacial score (nSPS) is 13.0. The fourth-order valence-corrected chi connectivity index (χ4v) is 10.3. The summed E-state index contributed by atoms with van der Waals surface area (Å²) in [4.78, 5) is 3.88. The van der Waals surface area contributed by atoms with Crippen molar-refractivity contribution < 1.29 is 0 Å². The van der Waals surface area contributed by atoms with Crippen LogP contribution in [0.3, 0.4) is 0 Å². The summed E-state index contributed by atoms with van der Waals surface area (Å²) in [5, 5.41) is 5.39. The molecule has 0 atom stereocenters. The molecule has 0 aliphatic carbocycles. The van der Waals surface area contributed by atoms with E-state index in [9.17, 15) is 0 Å². The molecule has 1 nitrogen and oxygen atoms in total. The molecule has 154 valence electrons. The van der Waals surface area contributed by atoms with Crippen molar-refractivity contribution in [3.05, 3.63) is 121 Å². The second kappa shape index (κ2) is 7.52. The number of hydrogen-bond acceptors (Lipinski definition) is 0. The molecule has 0 spiro atoms. The molecular formula is C29H28NP. The Bertz CT molecular complexity index is 1220. The van der Waals surface area contributed by atoms with Crippen molar-refractivity contribution in [3.8, 4) is 0 Å². The Morgan fingerprint density at radius 2 is 1.10 bits per heavy atom. The van der Waals surface area contributed by atoms with E-state index in [1.54, 1.807) is 0 Å². The minimum absolute atomic E-state index is 1.04. The Labute approximate surface area is 184 Å². The van der Waals surface area contributed by atoms with Crippen LogP contribution < -0.4 is 21.3 Å². The molecule has 0 fully saturated rings. The van der Waals surface area contributed by atoms with Gasteiger partial charge in [0, 0.05) is 0 Å². The zero-order valence-electron chi connectivity index (χ0n) is 18.1. The van der Waals surface area contributed by atoms with Gasteiger partial charge in [-0.15, -0.1) is 0 Å². The molecule has 0 bridgehead atoms. The molecule has 1 aromatic heterocycles. The summed E-state index contributed by atoms with van der Waals surface area (Å²) in [5.41, 5.74) is 3.87. The zero-order chi connectivity index (χ0) is 21.3. The van der Waals surface area contributed by atoms with Crippen LogP contribution in [0.1, 0.15) is 12.5 Å². The molecule has 0 aliphatic rings. The van der Waals surface area contributed by atoms with E-state index in [1.807, 2.05) is 0 Å². The van der Waals surface area contributed by atoms with E-state index in [0.717, 1.165) is 6.42 Å². The SMILES string of the molecule is CCc1ccc2[nH]c(P(C)(c3ccccc3)(c3ccccc3)c3ccccc3)cc2c1. The quantitative estimate of drug-likeness (QED) is 0.360. The fraction of sp³-hybridized carbons (Fsp3) is 0.103. The first-order valence-corrected chi connectivity index (χ1v) is 13.6. The molecule has 4 aromatic carbocycles. The molecule has 0 unspecified atom stereocenters. The van der Waals surface area contributed by atoms with Crippen LogP contribution in [0, 0.1) is 0 Å². The number of aryl methyl sites for hydroxylation is 1. The van der Waals surface area contributed by atoms with E-state index in [-0.39, 0.29) is 0 Å². The van der Waals surface area contributed by atoms with E-state index < -0.39 is 6.60 Å². The van der Waals surface area contributed by atoms with Gasteiger partial charge in [-0.1, -0.05) is 0 Å². The van der Waals surface area contributed by atoms with Crippen molar-refractivity contribution in [1.82, 2.24) is 4.98 Å². The van der Waals surface area contributed by atoms with E-state index in [4.69, 9.17) is 0 Å². The Kier molecular flexibility index (Phi) is 4.80. The van der Waals surface area contributed by atoms with Gasteiger partial charge in [0.15, 0.2) is 0 Å². The van der Waals surface area contributed by atoms with Gasteiger partial charge in [-0.2, -0.15) is 0 Å². The van der Waals surface area contributed by atoms with Crippen molar-refractivity contribution >= 4 is 38.9 Å². The first-order chi connectivity index (χ1) is 15.1. The Morgan fingerprint density at radius 1 is 0.613 bits per heavy atom. The van der Waals surface area contributed by atoms with Crippen LogP contribution in [0.15, 0.2) is 115 Å². The summed E-state index contributed by atoms with van der Waals surface area (Å²) < 4.78 is 0. The van der Waals surface area contributed by atoms with Crippen LogP contribution in [-0.4, -0.2) is 11.6 Å². The predicted octanol–water partition coefficient (Wildman–Crippen LogP) is 5.52. The average Bonchev–Trinajstić information content (AvgIpc) is 3.29. The monoisotopic (exact) mass is 421 g/mol. The van der Waals surface area contributed by atoms with Crippen LogP contribution in [0.25, 0.3) is 10.9 Å². The van der Waals surface area contributed by atoms with Crippen LogP contribution in [0.5, 0.6) is 0 Å². The minimum atomic E-state index is -2.99. The number of benzene rings is 4. The summed E-state index contributed by atoms with van der Waals surface area (Å²) in [6.45, 7) is 1.72. The van der Waals surface area contributed by atoms with Crippen LogP contribution >= 0.6 is 6.60 Å². The average molecular weight is 422 g/mol. The van der Waals surface area contributed by atoms with Gasteiger partial charge in [-0.3, -0.25) is 0 Å². The number of rotatable bonds is 5. The summed E-state index contributed by atoms with van der Waals surface area (Å²) in [7, 11) is 0. The first-order valence-electron chi connectivity index (χ1n) is 10.9. The molecule has 31 heavy (non-hydrogen) atoms. The summed E-state index contributed by atoms with van der Waals surface area (Å²) in [5.74, 6) is 0. The molecule has 1 heterocycles. The van der Waals surface area contributed by atoms with Gasteiger partial charge in [0.1, 0.15) is 0 Å². The van der Waals surface area contributed by atoms with Gasteiger partial charge in [-0.25, -0.2) is 0 Å². The summed E-state index contributed by atoms with van der Waals surface area (Å²) >= 11 is 0. The van der Waals surface area contributed by atoms with Crippen molar-refractivity contribution in [1.29, 1.82) is 0 Å². The van der Waals surface area contributed by atoms with Crippen LogP contribution in [0.2, 0.25) is 0 Å². The fourth-order valence-electron chi connectivity index (χ4n) is 4.95. The van der Waals surface area contributed by atoms with Crippen molar-refractivity contribution in [2.24, 2.45) is 0 Å². The third kappa shape index (κ3) is 2.88. The maximum absolute atomic E-state index is 3.88. The Balaban J connectivity index is 1.96. The standard InChI is InChI=1S/C29H28NP/c1-3-23-19-20-28-24(21-23)22-29(30-28)31(2,25-13-7-4-8-14-25,26-15-9-5-10-16-26)27-17-11-6-12-18-27/h4-22,30H,3H2,1-2H3. The number of nitrogens with one attached hydrogen (secondary N) is 1. The molecular weight excluding hydrogens is 393 g/mol. The molecule has 0 aliphatic heterocycles. The van der Waals surface area contributed by atoms with Gasteiger partial charge in [0.05, 0.1) is 0 Å². The van der Waals surface area contributed by atoms with Crippen LogP contribution in [0.4, 0.5) is 0 Å². The molecule has 0 amide bonds. The number of aromatic nitrogens is 1. The molecule has 0 radical (unpaired) electrons. The summed E-state index contributed by atoms with van der Waals surface area (Å²) in [6, 6.07) is 42.4. The maximum atomic E-state index is 3.88. The molecule has 5 aromatic rings. The molecule has 1 N–H and O–H groups in total. The van der Waals surface area contributed by atoms with Gasteiger partial charge in [-0.05, 0) is 0 Å². The van der Waals surface area contributed by atoms with Crippen molar-refractivity contribution in [2.75, 3.05) is 6.66 Å². The zero-order valence-corrected chi connectivity index (χ0v) is 19.0. The number of fused-ring (bicyclic) bond motifs is 1. The number of H-pyrrole nitrogens is 1. The van der Waals surface area contributed by atoms with E-state index in [1.165, 1.54) is 37.8 Å². The predicted molar refractivity (Wildman–Crippen MR) is 138 cm³/mol. The van der Waals surface area contributed by atoms with Crippen LogP contribution in [-0.2, 0) is 6.42 Å². The molecule has 0 saturated heterocycles. The summed E-state index contributed by atoms with van der Waals surface area (Å²) in [6.07, 6.45) is 1.04. The second-order valence-electron chi connectivity index (χ2n) is 8.50. The van der Waals surface area contributed by atoms with Gasteiger partial charge in [0.2, 0.25) is 0 Å². The molecule has 5 rings (SSSR count). The topological polar surface area (TPSA) is 15.8 Å². The number of aromatic amines is 1. The first kappa shape index (κ1) is 19.8. The van der Waals surface area contributed by atoms with Gasteiger partial charge in [0.25, 0.3) is 0 Å². The van der Waals surface area contributed by atoms with Gasteiger partial charge >= 0.3 is 185 Å². The Hall–Kier alpha value is -3.15. The third-order valence-corrected chi connectivity index (χ3v) is 13.1. The van der Waals surface area contributed by atoms with E-state index >= 15 is 0 Å². The van der Waals surface area contributed by atoms with E-state index in [0.29, 0.717) is 0 Å². The molecule has 0 saturated carbocycles. The van der Waals surface area contributed by atoms with Gasteiger partial charge < -0.3 is 0 Å². The van der Waals surface area contributed by atoms with E-state index in [2.05, 4.69) is 134 Å². The number of hydrogen-bond donors (Lipinski definition) is 1.